The van der Waals surface area contributed by atoms with Gasteiger partial charge in [-0.1, -0.05) is 18.6 Å². The summed E-state index contributed by atoms with van der Waals surface area (Å²) in [6.45, 7) is 7.61. The zero-order chi connectivity index (χ0) is 22.0. The molecule has 0 aliphatic carbocycles. The minimum Gasteiger partial charge on any atom is -0.345 e. The topological polar surface area (TPSA) is 60.8 Å². The number of nitrogens with zero attached hydrogens (tertiary/aromatic N) is 4. The molecule has 0 bridgehead atoms. The van der Waals surface area contributed by atoms with E-state index >= 15 is 0 Å². The van der Waals surface area contributed by atoms with Crippen molar-refractivity contribution in [2.24, 2.45) is 7.05 Å². The molecule has 2 amide bonds. The van der Waals surface area contributed by atoms with Crippen LogP contribution in [0, 0.1) is 6.92 Å². The average molecular weight is 424 g/mol. The monoisotopic (exact) mass is 423 g/mol. The molecule has 7 heteroatoms. The second-order valence-electron chi connectivity index (χ2n) is 8.78. The van der Waals surface area contributed by atoms with Crippen LogP contribution < -0.4 is 10.2 Å². The first kappa shape index (κ1) is 21.6. The number of aromatic nitrogens is 1. The lowest BCUT2D eigenvalue weighted by Crippen LogP contribution is -2.44. The highest BCUT2D eigenvalue weighted by atomic mass is 16.2. The van der Waals surface area contributed by atoms with Crippen molar-refractivity contribution in [2.75, 3.05) is 50.0 Å². The molecule has 0 saturated carbocycles. The van der Waals surface area contributed by atoms with Crippen molar-refractivity contribution in [2.45, 2.75) is 32.6 Å². The molecule has 0 spiro atoms. The Bertz CT molecular complexity index is 959. The number of unbranched alkanes of at least 4 members (excludes halogenated alkanes) is 2. The van der Waals surface area contributed by atoms with Gasteiger partial charge in [-0.3, -0.25) is 14.5 Å². The van der Waals surface area contributed by atoms with E-state index in [1.54, 1.807) is 4.90 Å². The van der Waals surface area contributed by atoms with Crippen LogP contribution >= 0.6 is 0 Å². The maximum absolute atomic E-state index is 13.4. The van der Waals surface area contributed by atoms with Crippen molar-refractivity contribution < 1.29 is 9.59 Å². The van der Waals surface area contributed by atoms with Crippen molar-refractivity contribution >= 4 is 28.9 Å². The molecule has 2 aliphatic rings. The SMILES string of the molecule is Cc1cn(C)c2c1N(C(=O)CCCCCN1CCN(C)CC1)c1ccccc1NC2=O. The Kier molecular flexibility index (Phi) is 6.43. The number of para-hydroxylation sites is 2. The molecule has 7 nitrogen and oxygen atoms in total. The highest BCUT2D eigenvalue weighted by molar-refractivity contribution is 6.17. The predicted molar refractivity (Wildman–Crippen MR) is 124 cm³/mol. The van der Waals surface area contributed by atoms with Crippen molar-refractivity contribution in [3.63, 3.8) is 0 Å². The van der Waals surface area contributed by atoms with Gasteiger partial charge < -0.3 is 19.7 Å². The van der Waals surface area contributed by atoms with Crippen LogP contribution in [0.4, 0.5) is 17.1 Å². The molecular formula is C24H33N5O2. The Morgan fingerprint density at radius 2 is 1.77 bits per heavy atom. The van der Waals surface area contributed by atoms with E-state index < -0.39 is 0 Å². The number of benzene rings is 1. The number of anilines is 3. The fourth-order valence-corrected chi connectivity index (χ4v) is 4.63. The van der Waals surface area contributed by atoms with Crippen LogP contribution in [-0.2, 0) is 11.8 Å². The van der Waals surface area contributed by atoms with Gasteiger partial charge in [0.15, 0.2) is 0 Å². The molecule has 3 heterocycles. The number of carbonyl (C=O) groups is 2. The van der Waals surface area contributed by atoms with Gasteiger partial charge in [0.2, 0.25) is 5.91 Å². The highest BCUT2D eigenvalue weighted by Crippen LogP contribution is 2.40. The zero-order valence-corrected chi connectivity index (χ0v) is 18.9. The van der Waals surface area contributed by atoms with Gasteiger partial charge in [0.05, 0.1) is 17.1 Å². The van der Waals surface area contributed by atoms with Gasteiger partial charge in [-0.25, -0.2) is 0 Å². The van der Waals surface area contributed by atoms with Crippen molar-refractivity contribution in [1.29, 1.82) is 0 Å². The van der Waals surface area contributed by atoms with Crippen LogP contribution in [0.3, 0.4) is 0 Å². The van der Waals surface area contributed by atoms with Gasteiger partial charge in [0.25, 0.3) is 5.91 Å². The highest BCUT2D eigenvalue weighted by Gasteiger charge is 2.32. The van der Waals surface area contributed by atoms with Gasteiger partial charge in [0, 0.05) is 45.8 Å². The number of aryl methyl sites for hydroxylation is 2. The standard InChI is InChI=1S/C24H33N5O2/c1-18-17-27(3)23-22(18)29(20-10-7-6-9-19(20)25-24(23)31)21(30)11-5-4-8-12-28-15-13-26(2)14-16-28/h6-7,9-10,17H,4-5,8,11-16H2,1-3H3,(H,25,31). The summed E-state index contributed by atoms with van der Waals surface area (Å²) in [5.41, 5.74) is 3.56. The van der Waals surface area contributed by atoms with Crippen LogP contribution in [0.2, 0.25) is 0 Å². The maximum Gasteiger partial charge on any atom is 0.274 e. The third kappa shape index (κ3) is 4.52. The number of rotatable bonds is 6. The molecular weight excluding hydrogens is 390 g/mol. The molecule has 166 valence electrons. The lowest BCUT2D eigenvalue weighted by Gasteiger charge is -2.32. The van der Waals surface area contributed by atoms with E-state index in [-0.39, 0.29) is 11.8 Å². The molecule has 1 aromatic carbocycles. The first-order valence-corrected chi connectivity index (χ1v) is 11.3. The molecule has 0 radical (unpaired) electrons. The van der Waals surface area contributed by atoms with Crippen LogP contribution in [-0.4, -0.2) is 66.0 Å². The molecule has 4 rings (SSSR count). The molecule has 0 unspecified atom stereocenters. The van der Waals surface area contributed by atoms with E-state index in [0.717, 1.165) is 63.2 Å². The van der Waals surface area contributed by atoms with Crippen molar-refractivity contribution in [1.82, 2.24) is 14.4 Å². The third-order valence-electron chi connectivity index (χ3n) is 6.38. The molecule has 1 aromatic heterocycles. The van der Waals surface area contributed by atoms with Crippen molar-refractivity contribution in [3.8, 4) is 0 Å². The number of hydrogen-bond donors (Lipinski definition) is 1. The normalized spacial score (nSPS) is 17.1. The molecule has 31 heavy (non-hydrogen) atoms. The molecule has 1 fully saturated rings. The van der Waals surface area contributed by atoms with Gasteiger partial charge in [-0.05, 0) is 51.1 Å². The molecule has 2 aliphatic heterocycles. The second-order valence-corrected chi connectivity index (χ2v) is 8.78. The van der Waals surface area contributed by atoms with E-state index in [0.29, 0.717) is 23.5 Å². The zero-order valence-electron chi connectivity index (χ0n) is 18.9. The molecule has 1 saturated heterocycles. The van der Waals surface area contributed by atoms with E-state index in [9.17, 15) is 9.59 Å². The minimum absolute atomic E-state index is 0.0408. The number of piperazine rings is 1. The van der Waals surface area contributed by atoms with Gasteiger partial charge in [0.1, 0.15) is 5.69 Å². The summed E-state index contributed by atoms with van der Waals surface area (Å²) in [5, 5.41) is 2.97. The summed E-state index contributed by atoms with van der Waals surface area (Å²) in [6.07, 6.45) is 5.38. The molecule has 1 N–H and O–H groups in total. The number of amides is 2. The van der Waals surface area contributed by atoms with Gasteiger partial charge >= 0.3 is 0 Å². The van der Waals surface area contributed by atoms with Gasteiger partial charge in [-0.15, -0.1) is 0 Å². The summed E-state index contributed by atoms with van der Waals surface area (Å²) in [5.74, 6) is -0.139. The maximum atomic E-state index is 13.4. The first-order valence-electron chi connectivity index (χ1n) is 11.3. The second kappa shape index (κ2) is 9.24. The van der Waals surface area contributed by atoms with Gasteiger partial charge in [-0.2, -0.15) is 0 Å². The minimum atomic E-state index is -0.180. The summed E-state index contributed by atoms with van der Waals surface area (Å²) in [6, 6.07) is 7.54. The first-order chi connectivity index (χ1) is 15.0. The van der Waals surface area contributed by atoms with Crippen LogP contribution in [0.5, 0.6) is 0 Å². The fraction of sp³-hybridized carbons (Fsp3) is 0.500. The van der Waals surface area contributed by atoms with E-state index in [1.807, 2.05) is 49.0 Å². The predicted octanol–water partition coefficient (Wildman–Crippen LogP) is 3.37. The lowest BCUT2D eigenvalue weighted by molar-refractivity contribution is -0.118. The number of carbonyl (C=O) groups excluding carboxylic acids is 2. The molecule has 0 atom stereocenters. The van der Waals surface area contributed by atoms with E-state index in [1.165, 1.54) is 0 Å². The van der Waals surface area contributed by atoms with Crippen molar-refractivity contribution in [3.05, 3.63) is 41.7 Å². The summed E-state index contributed by atoms with van der Waals surface area (Å²) >= 11 is 0. The molecule has 2 aromatic rings. The van der Waals surface area contributed by atoms with Crippen LogP contribution in [0.15, 0.2) is 30.5 Å². The van der Waals surface area contributed by atoms with Crippen LogP contribution in [0.1, 0.15) is 41.7 Å². The Morgan fingerprint density at radius 1 is 1.03 bits per heavy atom. The number of nitrogens with one attached hydrogen (secondary N) is 1. The third-order valence-corrected chi connectivity index (χ3v) is 6.38. The number of likely N-dealkylation sites (N-methyl/N-ethyl adjacent to an activating group) is 1. The van der Waals surface area contributed by atoms with E-state index in [4.69, 9.17) is 0 Å². The quantitative estimate of drug-likeness (QED) is 0.724. The summed E-state index contributed by atoms with van der Waals surface area (Å²) in [7, 11) is 4.02. The number of fused-ring (bicyclic) bond motifs is 2. The summed E-state index contributed by atoms with van der Waals surface area (Å²) < 4.78 is 1.81. The fourth-order valence-electron chi connectivity index (χ4n) is 4.63. The van der Waals surface area contributed by atoms with E-state index in [2.05, 4.69) is 22.2 Å². The summed E-state index contributed by atoms with van der Waals surface area (Å²) in [4.78, 5) is 32.9. The Morgan fingerprint density at radius 3 is 2.55 bits per heavy atom. The van der Waals surface area contributed by atoms with Crippen LogP contribution in [0.25, 0.3) is 0 Å². The number of hydrogen-bond acceptors (Lipinski definition) is 4. The Balaban J connectivity index is 1.44. The largest absolute Gasteiger partial charge is 0.345 e. The Labute approximate surface area is 184 Å². The Hall–Kier alpha value is -2.64. The smallest absolute Gasteiger partial charge is 0.274 e. The lowest BCUT2D eigenvalue weighted by atomic mass is 10.1. The average Bonchev–Trinajstić information content (AvgIpc) is 2.96.